The summed E-state index contributed by atoms with van der Waals surface area (Å²) < 4.78 is 4.97. The van der Waals surface area contributed by atoms with Gasteiger partial charge in [-0.3, -0.25) is 4.79 Å². The second-order valence-electron chi connectivity index (χ2n) is 4.25. The van der Waals surface area contributed by atoms with Gasteiger partial charge in [0, 0.05) is 13.6 Å². The first-order valence-electron chi connectivity index (χ1n) is 6.54. The molecule has 0 heterocycles. The average Bonchev–Trinajstić information content (AvgIpc) is 2.44. The number of nitrogen functional groups attached to an aromatic ring is 1. The maximum absolute atomic E-state index is 11.8. The lowest BCUT2D eigenvalue weighted by molar-refractivity contribution is -0.127. The minimum atomic E-state index is -0.460. The van der Waals surface area contributed by atoms with Gasteiger partial charge in [0.1, 0.15) is 0 Å². The Kier molecular flexibility index (Phi) is 5.83. The predicted octanol–water partition coefficient (Wildman–Crippen LogP) is 1.34. The van der Waals surface area contributed by atoms with Crippen molar-refractivity contribution < 1.29 is 14.3 Å². The first kappa shape index (κ1) is 15.8. The van der Waals surface area contributed by atoms with Crippen molar-refractivity contribution in [3.63, 3.8) is 0 Å². The van der Waals surface area contributed by atoms with Gasteiger partial charge in [0.15, 0.2) is 0 Å². The van der Waals surface area contributed by atoms with Crippen molar-refractivity contribution in [1.82, 2.24) is 4.90 Å². The van der Waals surface area contributed by atoms with E-state index in [0.717, 1.165) is 0 Å². The molecule has 0 spiro atoms. The van der Waals surface area contributed by atoms with E-state index in [-0.39, 0.29) is 19.1 Å². The Morgan fingerprint density at radius 1 is 1.35 bits per heavy atom. The number of benzene rings is 1. The molecule has 1 aromatic rings. The fourth-order valence-corrected chi connectivity index (χ4v) is 1.62. The van der Waals surface area contributed by atoms with Crippen LogP contribution in [0.5, 0.6) is 0 Å². The van der Waals surface area contributed by atoms with Crippen molar-refractivity contribution in [2.24, 2.45) is 0 Å². The first-order valence-corrected chi connectivity index (χ1v) is 6.54. The third kappa shape index (κ3) is 3.88. The molecule has 0 bridgehead atoms. The Bertz CT molecular complexity index is 489. The summed E-state index contributed by atoms with van der Waals surface area (Å²) in [6, 6.07) is 4.95. The number of amides is 1. The third-order valence-electron chi connectivity index (χ3n) is 2.91. The van der Waals surface area contributed by atoms with Crippen LogP contribution in [0.25, 0.3) is 0 Å². The number of para-hydroxylation sites is 1. The topological polar surface area (TPSA) is 84.7 Å². The van der Waals surface area contributed by atoms with Crippen molar-refractivity contribution in [2.45, 2.75) is 13.8 Å². The highest BCUT2D eigenvalue weighted by Gasteiger charge is 2.16. The number of likely N-dealkylation sites (N-methyl/N-ethyl adjacent to an activating group) is 1. The third-order valence-corrected chi connectivity index (χ3v) is 2.91. The molecule has 6 nitrogen and oxygen atoms in total. The summed E-state index contributed by atoms with van der Waals surface area (Å²) in [7, 11) is 1.71. The largest absolute Gasteiger partial charge is 0.462 e. The molecule has 0 aromatic heterocycles. The molecule has 0 radical (unpaired) electrons. The number of carbonyl (C=O) groups is 2. The number of rotatable bonds is 6. The SMILES string of the molecule is CCOC(=O)c1cccc(N)c1NCC(=O)N(C)CC. The number of esters is 1. The van der Waals surface area contributed by atoms with Crippen LogP contribution in [0, 0.1) is 0 Å². The fraction of sp³-hybridized carbons (Fsp3) is 0.429. The van der Waals surface area contributed by atoms with E-state index >= 15 is 0 Å². The Morgan fingerprint density at radius 3 is 2.65 bits per heavy atom. The molecule has 20 heavy (non-hydrogen) atoms. The second-order valence-corrected chi connectivity index (χ2v) is 4.25. The van der Waals surface area contributed by atoms with Crippen LogP contribution >= 0.6 is 0 Å². The zero-order valence-electron chi connectivity index (χ0n) is 12.1. The van der Waals surface area contributed by atoms with E-state index in [1.54, 1.807) is 37.1 Å². The number of nitrogens with one attached hydrogen (secondary N) is 1. The summed E-state index contributed by atoms with van der Waals surface area (Å²) in [5.41, 5.74) is 7.03. The van der Waals surface area contributed by atoms with Gasteiger partial charge in [0.05, 0.1) is 30.1 Å². The predicted molar refractivity (Wildman–Crippen MR) is 78.6 cm³/mol. The van der Waals surface area contributed by atoms with Crippen LogP contribution in [0.15, 0.2) is 18.2 Å². The van der Waals surface area contributed by atoms with Gasteiger partial charge in [0.2, 0.25) is 5.91 Å². The number of ether oxygens (including phenoxy) is 1. The van der Waals surface area contributed by atoms with Crippen LogP contribution < -0.4 is 11.1 Å². The van der Waals surface area contributed by atoms with Crippen molar-refractivity contribution in [3.8, 4) is 0 Å². The van der Waals surface area contributed by atoms with Gasteiger partial charge in [-0.25, -0.2) is 4.79 Å². The van der Waals surface area contributed by atoms with Gasteiger partial charge in [0.25, 0.3) is 0 Å². The number of nitrogens with zero attached hydrogens (tertiary/aromatic N) is 1. The molecule has 0 saturated heterocycles. The molecule has 110 valence electrons. The summed E-state index contributed by atoms with van der Waals surface area (Å²) in [6.07, 6.45) is 0. The lowest BCUT2D eigenvalue weighted by Crippen LogP contribution is -2.32. The molecule has 1 amide bonds. The molecule has 0 unspecified atom stereocenters. The molecule has 0 saturated carbocycles. The molecule has 0 aliphatic rings. The van der Waals surface area contributed by atoms with Crippen LogP contribution in [-0.2, 0) is 9.53 Å². The second kappa shape index (κ2) is 7.37. The van der Waals surface area contributed by atoms with Gasteiger partial charge in [-0.1, -0.05) is 6.07 Å². The van der Waals surface area contributed by atoms with E-state index in [1.165, 1.54) is 0 Å². The Morgan fingerprint density at radius 2 is 2.05 bits per heavy atom. The van der Waals surface area contributed by atoms with Gasteiger partial charge >= 0.3 is 5.97 Å². The zero-order chi connectivity index (χ0) is 15.1. The Hall–Kier alpha value is -2.24. The molecule has 1 rings (SSSR count). The molecule has 0 aliphatic carbocycles. The van der Waals surface area contributed by atoms with E-state index in [2.05, 4.69) is 5.32 Å². The standard InChI is InChI=1S/C14H21N3O3/c1-4-17(3)12(18)9-16-13-10(14(19)20-5-2)7-6-8-11(13)15/h6-8,16H,4-5,9,15H2,1-3H3. The summed E-state index contributed by atoms with van der Waals surface area (Å²) in [5, 5.41) is 2.92. The summed E-state index contributed by atoms with van der Waals surface area (Å²) >= 11 is 0. The molecule has 0 fully saturated rings. The molecule has 3 N–H and O–H groups in total. The van der Waals surface area contributed by atoms with Gasteiger partial charge in [-0.2, -0.15) is 0 Å². The Labute approximate surface area is 118 Å². The number of anilines is 2. The van der Waals surface area contributed by atoms with Crippen molar-refractivity contribution in [2.75, 3.05) is 37.8 Å². The van der Waals surface area contributed by atoms with Crippen LogP contribution in [0.3, 0.4) is 0 Å². The first-order chi connectivity index (χ1) is 9.51. The van der Waals surface area contributed by atoms with Crippen LogP contribution in [0.2, 0.25) is 0 Å². The lowest BCUT2D eigenvalue weighted by Gasteiger charge is -2.17. The van der Waals surface area contributed by atoms with Gasteiger partial charge in [-0.15, -0.1) is 0 Å². The maximum Gasteiger partial charge on any atom is 0.340 e. The van der Waals surface area contributed by atoms with Crippen LogP contribution in [0.1, 0.15) is 24.2 Å². The molecule has 0 atom stereocenters. The maximum atomic E-state index is 11.8. The Balaban J connectivity index is 2.88. The van der Waals surface area contributed by atoms with E-state index < -0.39 is 5.97 Å². The van der Waals surface area contributed by atoms with E-state index in [4.69, 9.17) is 10.5 Å². The summed E-state index contributed by atoms with van der Waals surface area (Å²) in [4.78, 5) is 25.2. The minimum absolute atomic E-state index is 0.0744. The van der Waals surface area contributed by atoms with Crippen molar-refractivity contribution >= 4 is 23.3 Å². The summed E-state index contributed by atoms with van der Waals surface area (Å²) in [5.74, 6) is -0.538. The van der Waals surface area contributed by atoms with Gasteiger partial charge < -0.3 is 20.7 Å². The highest BCUT2D eigenvalue weighted by Crippen LogP contribution is 2.24. The highest BCUT2D eigenvalue weighted by atomic mass is 16.5. The number of hydrogen-bond acceptors (Lipinski definition) is 5. The monoisotopic (exact) mass is 279 g/mol. The number of hydrogen-bond donors (Lipinski definition) is 2. The molecule has 1 aromatic carbocycles. The molecular formula is C14H21N3O3. The summed E-state index contributed by atoms with van der Waals surface area (Å²) in [6.45, 7) is 4.60. The van der Waals surface area contributed by atoms with E-state index in [1.807, 2.05) is 6.92 Å². The van der Waals surface area contributed by atoms with Gasteiger partial charge in [-0.05, 0) is 26.0 Å². The van der Waals surface area contributed by atoms with Crippen molar-refractivity contribution in [3.05, 3.63) is 23.8 Å². The quantitative estimate of drug-likeness (QED) is 0.606. The van der Waals surface area contributed by atoms with Crippen LogP contribution in [-0.4, -0.2) is 43.5 Å². The highest BCUT2D eigenvalue weighted by molar-refractivity contribution is 5.99. The molecular weight excluding hydrogens is 258 g/mol. The van der Waals surface area contributed by atoms with Crippen LogP contribution in [0.4, 0.5) is 11.4 Å². The van der Waals surface area contributed by atoms with E-state index in [9.17, 15) is 9.59 Å². The fourth-order valence-electron chi connectivity index (χ4n) is 1.62. The zero-order valence-corrected chi connectivity index (χ0v) is 12.1. The smallest absolute Gasteiger partial charge is 0.340 e. The molecule has 0 aliphatic heterocycles. The number of nitrogens with two attached hydrogens (primary N) is 1. The molecule has 6 heteroatoms. The minimum Gasteiger partial charge on any atom is -0.462 e. The number of carbonyl (C=O) groups excluding carboxylic acids is 2. The van der Waals surface area contributed by atoms with Crippen molar-refractivity contribution in [1.29, 1.82) is 0 Å². The lowest BCUT2D eigenvalue weighted by atomic mass is 10.1. The normalized spacial score (nSPS) is 9.95. The average molecular weight is 279 g/mol. The van der Waals surface area contributed by atoms with E-state index in [0.29, 0.717) is 23.5 Å².